The maximum Gasteiger partial charge on any atom is 0.314 e. The number of methoxy groups -OCH3 is 2. The fourth-order valence-corrected chi connectivity index (χ4v) is 1.65. The first kappa shape index (κ1) is 9.48. The van der Waals surface area contributed by atoms with Gasteiger partial charge in [-0.1, -0.05) is 0 Å². The standard InChI is InChI=1S/C8H14O4/c1-11-7(9)6-4-3-5-8(6,10)12-2/h6,10H,3-5H2,1-2H3. The Morgan fingerprint density at radius 2 is 2.25 bits per heavy atom. The maximum atomic E-state index is 11.1. The van der Waals surface area contributed by atoms with Gasteiger partial charge in [-0.05, 0) is 12.8 Å². The lowest BCUT2D eigenvalue weighted by molar-refractivity contribution is -0.215. The summed E-state index contributed by atoms with van der Waals surface area (Å²) in [7, 11) is 2.72. The molecule has 0 amide bonds. The number of esters is 1. The highest BCUT2D eigenvalue weighted by molar-refractivity contribution is 5.73. The van der Waals surface area contributed by atoms with Crippen LogP contribution in [0.5, 0.6) is 0 Å². The maximum absolute atomic E-state index is 11.1. The number of hydrogen-bond donors (Lipinski definition) is 1. The van der Waals surface area contributed by atoms with Gasteiger partial charge in [-0.2, -0.15) is 0 Å². The van der Waals surface area contributed by atoms with Crippen LogP contribution in [0.25, 0.3) is 0 Å². The minimum absolute atomic E-state index is 0.392. The van der Waals surface area contributed by atoms with Gasteiger partial charge >= 0.3 is 5.97 Å². The number of rotatable bonds is 2. The van der Waals surface area contributed by atoms with Crippen LogP contribution in [-0.4, -0.2) is 31.1 Å². The molecule has 0 heterocycles. The molecule has 12 heavy (non-hydrogen) atoms. The summed E-state index contributed by atoms with van der Waals surface area (Å²) in [6, 6.07) is 0. The molecule has 1 aliphatic rings. The van der Waals surface area contributed by atoms with Gasteiger partial charge in [0.2, 0.25) is 0 Å². The van der Waals surface area contributed by atoms with E-state index in [0.717, 1.165) is 6.42 Å². The fraction of sp³-hybridized carbons (Fsp3) is 0.875. The van der Waals surface area contributed by atoms with Crippen molar-refractivity contribution in [3.05, 3.63) is 0 Å². The summed E-state index contributed by atoms with van der Waals surface area (Å²) in [6.45, 7) is 0. The molecule has 1 rings (SSSR count). The third kappa shape index (κ3) is 1.44. The summed E-state index contributed by atoms with van der Waals surface area (Å²) in [5.74, 6) is -2.21. The van der Waals surface area contributed by atoms with Crippen LogP contribution in [0.4, 0.5) is 0 Å². The molecule has 0 saturated heterocycles. The van der Waals surface area contributed by atoms with Gasteiger partial charge < -0.3 is 14.6 Å². The van der Waals surface area contributed by atoms with Crippen LogP contribution < -0.4 is 0 Å². The van der Waals surface area contributed by atoms with Crippen molar-refractivity contribution in [1.82, 2.24) is 0 Å². The van der Waals surface area contributed by atoms with Crippen LogP contribution >= 0.6 is 0 Å². The minimum Gasteiger partial charge on any atom is -0.469 e. The monoisotopic (exact) mass is 174 g/mol. The van der Waals surface area contributed by atoms with Crippen molar-refractivity contribution in [1.29, 1.82) is 0 Å². The van der Waals surface area contributed by atoms with Crippen LogP contribution in [0.2, 0.25) is 0 Å². The molecule has 0 aromatic heterocycles. The van der Waals surface area contributed by atoms with Gasteiger partial charge in [0, 0.05) is 13.5 Å². The van der Waals surface area contributed by atoms with Gasteiger partial charge in [-0.25, -0.2) is 0 Å². The Kier molecular flexibility index (Phi) is 2.69. The van der Waals surface area contributed by atoms with E-state index < -0.39 is 17.7 Å². The van der Waals surface area contributed by atoms with E-state index in [-0.39, 0.29) is 0 Å². The lowest BCUT2D eigenvalue weighted by Gasteiger charge is -2.26. The van der Waals surface area contributed by atoms with E-state index in [1.807, 2.05) is 0 Å². The zero-order valence-electron chi connectivity index (χ0n) is 7.37. The van der Waals surface area contributed by atoms with Crippen LogP contribution in [0.3, 0.4) is 0 Å². The molecule has 1 fully saturated rings. The number of aliphatic hydroxyl groups is 1. The Morgan fingerprint density at radius 3 is 2.75 bits per heavy atom. The highest BCUT2D eigenvalue weighted by atomic mass is 16.6. The predicted molar refractivity (Wildman–Crippen MR) is 41.3 cm³/mol. The van der Waals surface area contributed by atoms with Crippen molar-refractivity contribution >= 4 is 5.97 Å². The number of ether oxygens (including phenoxy) is 2. The molecule has 1 N–H and O–H groups in total. The Balaban J connectivity index is 2.69. The van der Waals surface area contributed by atoms with Crippen molar-refractivity contribution in [2.75, 3.05) is 14.2 Å². The molecule has 2 atom stereocenters. The Bertz CT molecular complexity index is 180. The van der Waals surface area contributed by atoms with Gasteiger partial charge in [0.1, 0.15) is 5.92 Å². The molecule has 0 aromatic rings. The zero-order valence-corrected chi connectivity index (χ0v) is 7.37. The zero-order chi connectivity index (χ0) is 9.19. The molecule has 0 aromatic carbocycles. The van der Waals surface area contributed by atoms with Gasteiger partial charge in [-0.3, -0.25) is 4.79 Å². The topological polar surface area (TPSA) is 55.8 Å². The van der Waals surface area contributed by atoms with E-state index >= 15 is 0 Å². The second kappa shape index (κ2) is 3.41. The van der Waals surface area contributed by atoms with Crippen LogP contribution in [0.1, 0.15) is 19.3 Å². The van der Waals surface area contributed by atoms with Crippen molar-refractivity contribution in [3.8, 4) is 0 Å². The lowest BCUT2D eigenvalue weighted by atomic mass is 10.0. The van der Waals surface area contributed by atoms with E-state index in [9.17, 15) is 9.90 Å². The number of carbonyl (C=O) groups is 1. The van der Waals surface area contributed by atoms with Crippen LogP contribution in [-0.2, 0) is 14.3 Å². The molecule has 0 spiro atoms. The molecule has 0 radical (unpaired) electrons. The van der Waals surface area contributed by atoms with Gasteiger partial charge in [0.05, 0.1) is 7.11 Å². The second-order valence-corrected chi connectivity index (χ2v) is 3.02. The molecule has 0 bridgehead atoms. The average Bonchev–Trinajstić information content (AvgIpc) is 2.47. The molecular formula is C8H14O4. The summed E-state index contributed by atoms with van der Waals surface area (Å²) >= 11 is 0. The molecule has 1 saturated carbocycles. The van der Waals surface area contributed by atoms with Gasteiger partial charge in [-0.15, -0.1) is 0 Å². The Labute approximate surface area is 71.5 Å². The normalized spacial score (nSPS) is 35.1. The molecule has 0 aliphatic heterocycles. The van der Waals surface area contributed by atoms with E-state index in [0.29, 0.717) is 12.8 Å². The molecule has 4 heteroatoms. The predicted octanol–water partition coefficient (Wildman–Crippen LogP) is 0.294. The quantitative estimate of drug-likeness (QED) is 0.483. The van der Waals surface area contributed by atoms with Crippen LogP contribution in [0, 0.1) is 5.92 Å². The minimum atomic E-state index is -1.30. The van der Waals surface area contributed by atoms with Gasteiger partial charge in [0.25, 0.3) is 0 Å². The molecule has 2 unspecified atom stereocenters. The van der Waals surface area contributed by atoms with Crippen molar-refractivity contribution in [2.45, 2.75) is 25.0 Å². The average molecular weight is 174 g/mol. The highest BCUT2D eigenvalue weighted by Crippen LogP contribution is 2.36. The summed E-state index contributed by atoms with van der Waals surface area (Å²) in [6.07, 6.45) is 1.93. The van der Waals surface area contributed by atoms with E-state index in [2.05, 4.69) is 4.74 Å². The molecule has 1 aliphatic carbocycles. The Morgan fingerprint density at radius 1 is 1.58 bits per heavy atom. The first-order chi connectivity index (χ1) is 5.64. The number of carbonyl (C=O) groups excluding carboxylic acids is 1. The SMILES string of the molecule is COC(=O)C1CCCC1(O)OC. The number of hydrogen-bond acceptors (Lipinski definition) is 4. The third-order valence-corrected chi connectivity index (χ3v) is 2.41. The summed E-state index contributed by atoms with van der Waals surface area (Å²) in [4.78, 5) is 11.1. The smallest absolute Gasteiger partial charge is 0.314 e. The van der Waals surface area contributed by atoms with Crippen LogP contribution in [0.15, 0.2) is 0 Å². The van der Waals surface area contributed by atoms with E-state index in [1.165, 1.54) is 14.2 Å². The van der Waals surface area contributed by atoms with Crippen molar-refractivity contribution in [3.63, 3.8) is 0 Å². The summed E-state index contributed by atoms with van der Waals surface area (Å²) in [5.41, 5.74) is 0. The molecule has 4 nitrogen and oxygen atoms in total. The third-order valence-electron chi connectivity index (χ3n) is 2.41. The molecular weight excluding hydrogens is 160 g/mol. The van der Waals surface area contributed by atoms with E-state index in [1.54, 1.807) is 0 Å². The van der Waals surface area contributed by atoms with Crippen molar-refractivity contribution in [2.24, 2.45) is 5.92 Å². The largest absolute Gasteiger partial charge is 0.469 e. The highest BCUT2D eigenvalue weighted by Gasteiger charge is 2.46. The molecule has 70 valence electrons. The lowest BCUT2D eigenvalue weighted by Crippen LogP contribution is -2.40. The van der Waals surface area contributed by atoms with Crippen molar-refractivity contribution < 1.29 is 19.4 Å². The summed E-state index contributed by atoms with van der Waals surface area (Å²) < 4.78 is 9.44. The van der Waals surface area contributed by atoms with Gasteiger partial charge in [0.15, 0.2) is 5.79 Å². The summed E-state index contributed by atoms with van der Waals surface area (Å²) in [5, 5.41) is 9.74. The second-order valence-electron chi connectivity index (χ2n) is 3.02. The van der Waals surface area contributed by atoms with E-state index in [4.69, 9.17) is 4.74 Å². The Hall–Kier alpha value is -0.610. The fourth-order valence-electron chi connectivity index (χ4n) is 1.65. The first-order valence-corrected chi connectivity index (χ1v) is 3.99. The first-order valence-electron chi connectivity index (χ1n) is 3.99.